The van der Waals surface area contributed by atoms with Crippen molar-refractivity contribution < 1.29 is 23.5 Å². The van der Waals surface area contributed by atoms with Crippen molar-refractivity contribution in [2.24, 2.45) is 0 Å². The number of hydrogen-bond donors (Lipinski definition) is 3. The third kappa shape index (κ3) is 8.17. The summed E-state index contributed by atoms with van der Waals surface area (Å²) in [5, 5.41) is 5.90. The molecule has 4 N–H and O–H groups in total. The Morgan fingerprint density at radius 3 is 2.52 bits per heavy atom. The van der Waals surface area contributed by atoms with Gasteiger partial charge in [0.15, 0.2) is 0 Å². The molecule has 2 aromatic carbocycles. The second kappa shape index (κ2) is 13.5. The van der Waals surface area contributed by atoms with Gasteiger partial charge in [-0.25, -0.2) is 19.2 Å². The first-order valence-corrected chi connectivity index (χ1v) is 14.3. The van der Waals surface area contributed by atoms with Crippen molar-refractivity contribution in [3.8, 4) is 11.3 Å². The molecule has 1 aliphatic carbocycles. The van der Waals surface area contributed by atoms with Crippen LogP contribution in [-0.2, 0) is 9.47 Å². The number of rotatable bonds is 8. The second-order valence-corrected chi connectivity index (χ2v) is 11.8. The molecule has 1 heterocycles. The van der Waals surface area contributed by atoms with E-state index in [2.05, 4.69) is 15.6 Å². The molecule has 4 rings (SSSR count). The average molecular weight is 598 g/mol. The molecule has 0 spiro atoms. The van der Waals surface area contributed by atoms with Crippen molar-refractivity contribution in [3.63, 3.8) is 0 Å². The summed E-state index contributed by atoms with van der Waals surface area (Å²) in [5.41, 5.74) is 7.47. The summed E-state index contributed by atoms with van der Waals surface area (Å²) in [7, 11) is 1.73. The Labute approximate surface area is 250 Å². The molecule has 0 saturated heterocycles. The lowest BCUT2D eigenvalue weighted by Crippen LogP contribution is -2.40. The van der Waals surface area contributed by atoms with Gasteiger partial charge in [-0.15, -0.1) is 0 Å². The van der Waals surface area contributed by atoms with Crippen LogP contribution < -0.4 is 16.4 Å². The molecular formula is C31H37ClFN5O4. The third-order valence-electron chi connectivity index (χ3n) is 7.14. The lowest BCUT2D eigenvalue weighted by Gasteiger charge is -2.27. The maximum atomic E-state index is 15.4. The highest BCUT2D eigenvalue weighted by Gasteiger charge is 2.25. The van der Waals surface area contributed by atoms with Crippen LogP contribution in [0, 0.1) is 5.82 Å². The van der Waals surface area contributed by atoms with Crippen LogP contribution in [0.1, 0.15) is 80.0 Å². The summed E-state index contributed by atoms with van der Waals surface area (Å²) in [6.07, 6.45) is 4.99. The van der Waals surface area contributed by atoms with E-state index in [-0.39, 0.29) is 29.9 Å². The molecule has 0 unspecified atom stereocenters. The van der Waals surface area contributed by atoms with Crippen molar-refractivity contribution in [2.45, 2.75) is 70.1 Å². The molecule has 1 saturated carbocycles. The maximum absolute atomic E-state index is 15.4. The highest BCUT2D eigenvalue weighted by atomic mass is 35.5. The molecule has 1 aliphatic rings. The number of nitrogens with zero attached hydrogens (tertiary/aromatic N) is 2. The van der Waals surface area contributed by atoms with Crippen LogP contribution in [0.15, 0.2) is 48.7 Å². The number of benzene rings is 2. The molecule has 0 radical (unpaired) electrons. The van der Waals surface area contributed by atoms with Gasteiger partial charge in [-0.1, -0.05) is 29.8 Å². The lowest BCUT2D eigenvalue weighted by atomic mass is 9.85. The largest absolute Gasteiger partial charge is 0.444 e. The van der Waals surface area contributed by atoms with Gasteiger partial charge in [0, 0.05) is 30.2 Å². The predicted molar refractivity (Wildman–Crippen MR) is 160 cm³/mol. The molecule has 1 atom stereocenters. The standard InChI is InChI=1S/C31H37ClFN5O4/c1-31(2,3)42-30(40)36-17-26(19-6-5-7-21(32)14-19)38-29(39)23-13-10-20(15-24(23)33)27-28(34)35-16-25(37-27)18-8-11-22(41-4)12-9-18/h5-7,10,13-16,18,22,26H,8-9,11-12,17H2,1-4H3,(H2,34,35)(H,36,40)(H,38,39)/t18?,22?,26-/m1/s1. The van der Waals surface area contributed by atoms with Crippen LogP contribution in [0.25, 0.3) is 11.3 Å². The van der Waals surface area contributed by atoms with Crippen LogP contribution in [0.2, 0.25) is 5.02 Å². The van der Waals surface area contributed by atoms with E-state index in [1.54, 1.807) is 64.4 Å². The van der Waals surface area contributed by atoms with Crippen molar-refractivity contribution >= 4 is 29.4 Å². The molecule has 9 nitrogen and oxygen atoms in total. The van der Waals surface area contributed by atoms with Crippen molar-refractivity contribution in [3.05, 3.63) is 76.3 Å². The first kappa shape index (κ1) is 31.2. The number of anilines is 1. The Hall–Kier alpha value is -3.76. The summed E-state index contributed by atoms with van der Waals surface area (Å²) >= 11 is 6.17. The first-order chi connectivity index (χ1) is 19.9. The van der Waals surface area contributed by atoms with Crippen LogP contribution >= 0.6 is 11.6 Å². The number of nitrogen functional groups attached to an aromatic ring is 1. The third-order valence-corrected chi connectivity index (χ3v) is 7.37. The summed E-state index contributed by atoms with van der Waals surface area (Å²) in [6.45, 7) is 5.24. The minimum atomic E-state index is -0.748. The highest BCUT2D eigenvalue weighted by molar-refractivity contribution is 6.30. The van der Waals surface area contributed by atoms with E-state index < -0.39 is 29.5 Å². The molecule has 2 amide bonds. The summed E-state index contributed by atoms with van der Waals surface area (Å²) < 4.78 is 26.2. The second-order valence-electron chi connectivity index (χ2n) is 11.4. The van der Waals surface area contributed by atoms with Gasteiger partial charge in [-0.05, 0) is 76.3 Å². The van der Waals surface area contributed by atoms with Crippen molar-refractivity contribution in [2.75, 3.05) is 19.4 Å². The minimum Gasteiger partial charge on any atom is -0.444 e. The number of carbonyl (C=O) groups is 2. The van der Waals surface area contributed by atoms with Crippen molar-refractivity contribution in [1.29, 1.82) is 0 Å². The monoisotopic (exact) mass is 597 g/mol. The molecular weight excluding hydrogens is 561 g/mol. The van der Waals surface area contributed by atoms with Gasteiger partial charge in [-0.2, -0.15) is 0 Å². The number of nitrogens with one attached hydrogen (secondary N) is 2. The zero-order valence-corrected chi connectivity index (χ0v) is 25.0. The SMILES string of the molecule is COC1CCC(c2cnc(N)c(-c3ccc(C(=O)N[C@H](CNC(=O)OC(C)(C)C)c4cccc(Cl)c4)c(F)c3)n2)CC1. The molecule has 0 bridgehead atoms. The topological polar surface area (TPSA) is 128 Å². The average Bonchev–Trinajstić information content (AvgIpc) is 2.94. The Morgan fingerprint density at radius 2 is 1.88 bits per heavy atom. The van der Waals surface area contributed by atoms with Crippen LogP contribution in [-0.4, -0.2) is 47.3 Å². The van der Waals surface area contributed by atoms with E-state index in [4.69, 9.17) is 31.8 Å². The number of hydrogen-bond acceptors (Lipinski definition) is 7. The van der Waals surface area contributed by atoms with E-state index >= 15 is 4.39 Å². The van der Waals surface area contributed by atoms with Gasteiger partial charge in [-0.3, -0.25) is 4.79 Å². The Bertz CT molecular complexity index is 1420. The molecule has 1 aromatic heterocycles. The van der Waals surface area contributed by atoms with Gasteiger partial charge >= 0.3 is 6.09 Å². The Balaban J connectivity index is 1.52. The van der Waals surface area contributed by atoms with Crippen molar-refractivity contribution in [1.82, 2.24) is 20.6 Å². The van der Waals surface area contributed by atoms with E-state index in [9.17, 15) is 9.59 Å². The van der Waals surface area contributed by atoms with Gasteiger partial charge in [0.1, 0.15) is 22.9 Å². The van der Waals surface area contributed by atoms with Crippen LogP contribution in [0.5, 0.6) is 0 Å². The number of ether oxygens (including phenoxy) is 2. The van der Waals surface area contributed by atoms with Crippen LogP contribution in [0.4, 0.5) is 15.0 Å². The zero-order valence-electron chi connectivity index (χ0n) is 24.2. The number of alkyl carbamates (subject to hydrolysis) is 1. The number of aromatic nitrogens is 2. The van der Waals surface area contributed by atoms with E-state index in [0.717, 1.165) is 31.4 Å². The van der Waals surface area contributed by atoms with Crippen LogP contribution in [0.3, 0.4) is 0 Å². The predicted octanol–water partition coefficient (Wildman–Crippen LogP) is 6.19. The summed E-state index contributed by atoms with van der Waals surface area (Å²) in [5.74, 6) is -1.02. The Kier molecular flexibility index (Phi) is 10.0. The molecule has 0 aliphatic heterocycles. The molecule has 11 heteroatoms. The fourth-order valence-electron chi connectivity index (χ4n) is 4.97. The highest BCUT2D eigenvalue weighted by Crippen LogP contribution is 2.34. The zero-order chi connectivity index (χ0) is 30.4. The number of halogens is 2. The fraction of sp³-hybridized carbons (Fsp3) is 0.419. The minimum absolute atomic E-state index is 0.00803. The molecule has 42 heavy (non-hydrogen) atoms. The lowest BCUT2D eigenvalue weighted by molar-refractivity contribution is 0.0519. The molecule has 3 aromatic rings. The normalized spacial score (nSPS) is 17.8. The molecule has 224 valence electrons. The summed E-state index contributed by atoms with van der Waals surface area (Å²) in [4.78, 5) is 34.6. The number of carbonyl (C=O) groups excluding carboxylic acids is 2. The first-order valence-electron chi connectivity index (χ1n) is 13.9. The fourth-order valence-corrected chi connectivity index (χ4v) is 5.17. The van der Waals surface area contributed by atoms with E-state index in [1.807, 2.05) is 0 Å². The number of nitrogens with two attached hydrogens (primary N) is 1. The summed E-state index contributed by atoms with van der Waals surface area (Å²) in [6, 6.07) is 10.3. The van der Waals surface area contributed by atoms with Gasteiger partial charge < -0.3 is 25.8 Å². The van der Waals surface area contributed by atoms with Gasteiger partial charge in [0.25, 0.3) is 5.91 Å². The quantitative estimate of drug-likeness (QED) is 0.282. The van der Waals surface area contributed by atoms with Gasteiger partial charge in [0.05, 0.1) is 29.6 Å². The van der Waals surface area contributed by atoms with E-state index in [0.29, 0.717) is 21.8 Å². The maximum Gasteiger partial charge on any atom is 0.407 e. The van der Waals surface area contributed by atoms with E-state index in [1.165, 1.54) is 12.1 Å². The van der Waals surface area contributed by atoms with Gasteiger partial charge in [0.2, 0.25) is 0 Å². The number of amides is 2. The molecule has 1 fully saturated rings. The number of methoxy groups -OCH3 is 1. The smallest absolute Gasteiger partial charge is 0.407 e. The Morgan fingerprint density at radius 1 is 1.14 bits per heavy atom.